The lowest BCUT2D eigenvalue weighted by Gasteiger charge is -2.02. The number of ether oxygens (including phenoxy) is 1. The molecule has 0 spiro atoms. The first-order chi connectivity index (χ1) is 7.11. The smallest absolute Gasteiger partial charge is 0.309 e. The predicted octanol–water partition coefficient (Wildman–Crippen LogP) is 1.40. The molecule has 0 bridgehead atoms. The van der Waals surface area contributed by atoms with Crippen molar-refractivity contribution in [3.05, 3.63) is 35.4 Å². The van der Waals surface area contributed by atoms with Gasteiger partial charge in [0.1, 0.15) is 0 Å². The fourth-order valence-corrected chi connectivity index (χ4v) is 1.45. The van der Waals surface area contributed by atoms with Crippen molar-refractivity contribution in [1.29, 1.82) is 0 Å². The molecule has 1 aromatic rings. The fraction of sp³-hybridized carbons (Fsp3) is 0.273. The van der Waals surface area contributed by atoms with E-state index in [1.54, 1.807) is 0 Å². The number of carbonyl (C=O) groups is 2. The minimum absolute atomic E-state index is 0.190. The van der Waals surface area contributed by atoms with Gasteiger partial charge >= 0.3 is 5.97 Å². The highest BCUT2D eigenvalue weighted by Gasteiger charge is 2.04. The van der Waals surface area contributed by atoms with Gasteiger partial charge < -0.3 is 4.74 Å². The number of thiol groups is 1. The zero-order valence-electron chi connectivity index (χ0n) is 8.40. The number of methoxy groups -OCH3 is 1. The first-order valence-electron chi connectivity index (χ1n) is 4.48. The number of rotatable bonds is 4. The molecule has 1 aromatic carbocycles. The van der Waals surface area contributed by atoms with Crippen molar-refractivity contribution in [2.45, 2.75) is 12.8 Å². The van der Waals surface area contributed by atoms with Gasteiger partial charge in [-0.25, -0.2) is 0 Å². The summed E-state index contributed by atoms with van der Waals surface area (Å²) in [6, 6.07) is 7.27. The van der Waals surface area contributed by atoms with E-state index in [1.165, 1.54) is 7.11 Å². The van der Waals surface area contributed by atoms with Crippen molar-refractivity contribution < 1.29 is 14.3 Å². The largest absolute Gasteiger partial charge is 0.469 e. The van der Waals surface area contributed by atoms with Gasteiger partial charge in [0.25, 0.3) is 0 Å². The van der Waals surface area contributed by atoms with Gasteiger partial charge in [0, 0.05) is 6.42 Å². The molecule has 1 rings (SSSR count). The van der Waals surface area contributed by atoms with E-state index < -0.39 is 0 Å². The average molecular weight is 224 g/mol. The minimum Gasteiger partial charge on any atom is -0.469 e. The van der Waals surface area contributed by atoms with E-state index in [9.17, 15) is 9.59 Å². The summed E-state index contributed by atoms with van der Waals surface area (Å²) in [4.78, 5) is 21.8. The van der Waals surface area contributed by atoms with Crippen molar-refractivity contribution in [3.63, 3.8) is 0 Å². The van der Waals surface area contributed by atoms with Crippen LogP contribution in [0.5, 0.6) is 0 Å². The molecule has 80 valence electrons. The number of hydrogen-bond donors (Lipinski definition) is 1. The highest BCUT2D eigenvalue weighted by Crippen LogP contribution is 2.08. The third-order valence-electron chi connectivity index (χ3n) is 1.92. The van der Waals surface area contributed by atoms with Crippen LogP contribution >= 0.6 is 12.6 Å². The lowest BCUT2D eigenvalue weighted by Crippen LogP contribution is -2.05. The van der Waals surface area contributed by atoms with Crippen molar-refractivity contribution >= 4 is 23.7 Å². The molecule has 0 aliphatic heterocycles. The van der Waals surface area contributed by atoms with Crippen LogP contribution in [0.3, 0.4) is 0 Å². The SMILES string of the molecule is COC(=O)Cc1cccc(CC(=O)S)c1. The summed E-state index contributed by atoms with van der Waals surface area (Å²) in [5.41, 5.74) is 1.70. The fourth-order valence-electron chi connectivity index (χ4n) is 1.26. The number of benzene rings is 1. The molecule has 4 heteroatoms. The molecule has 0 aromatic heterocycles. The molecule has 15 heavy (non-hydrogen) atoms. The Labute approximate surface area is 93.8 Å². The Balaban J connectivity index is 2.74. The molecule has 0 N–H and O–H groups in total. The Morgan fingerprint density at radius 2 is 1.87 bits per heavy atom. The summed E-state index contributed by atoms with van der Waals surface area (Å²) in [7, 11) is 1.35. The molecular weight excluding hydrogens is 212 g/mol. The average Bonchev–Trinajstić information content (AvgIpc) is 2.17. The topological polar surface area (TPSA) is 43.4 Å². The summed E-state index contributed by atoms with van der Waals surface area (Å²) in [6.45, 7) is 0. The Bertz CT molecular complexity index is 374. The Morgan fingerprint density at radius 1 is 1.27 bits per heavy atom. The molecule has 0 heterocycles. The van der Waals surface area contributed by atoms with Crippen LogP contribution in [0.4, 0.5) is 0 Å². The summed E-state index contributed by atoms with van der Waals surface area (Å²) in [5, 5.41) is -0.190. The van der Waals surface area contributed by atoms with Crippen LogP contribution < -0.4 is 0 Å². The molecule has 3 nitrogen and oxygen atoms in total. The maximum Gasteiger partial charge on any atom is 0.309 e. The maximum atomic E-state index is 11.0. The molecule has 0 unspecified atom stereocenters. The van der Waals surface area contributed by atoms with Crippen molar-refractivity contribution in [1.82, 2.24) is 0 Å². The third kappa shape index (κ3) is 4.16. The monoisotopic (exact) mass is 224 g/mol. The van der Waals surface area contributed by atoms with Crippen LogP contribution in [0.15, 0.2) is 24.3 Å². The highest BCUT2D eigenvalue weighted by atomic mass is 32.1. The molecule has 0 aliphatic carbocycles. The molecule has 0 atom stereocenters. The van der Waals surface area contributed by atoms with Crippen LogP contribution in [0.2, 0.25) is 0 Å². The van der Waals surface area contributed by atoms with E-state index >= 15 is 0 Å². The Kier molecular flexibility index (Phi) is 4.37. The molecule has 0 radical (unpaired) electrons. The van der Waals surface area contributed by atoms with Gasteiger partial charge in [0.15, 0.2) is 5.12 Å². The van der Waals surface area contributed by atoms with Crippen molar-refractivity contribution in [2.75, 3.05) is 7.11 Å². The lowest BCUT2D eigenvalue weighted by atomic mass is 10.1. The highest BCUT2D eigenvalue weighted by molar-refractivity contribution is 7.96. The van der Waals surface area contributed by atoms with E-state index in [-0.39, 0.29) is 23.9 Å². The summed E-state index contributed by atoms with van der Waals surface area (Å²) < 4.78 is 4.55. The summed E-state index contributed by atoms with van der Waals surface area (Å²) in [5.74, 6) is -0.288. The standard InChI is InChI=1S/C11H12O3S/c1-14-10(12)6-8-3-2-4-9(5-8)7-11(13)15/h2-5H,6-7H2,1H3,(H,13,15). The van der Waals surface area contributed by atoms with E-state index in [2.05, 4.69) is 17.4 Å². The van der Waals surface area contributed by atoms with E-state index in [4.69, 9.17) is 0 Å². The van der Waals surface area contributed by atoms with Gasteiger partial charge in [-0.15, -0.1) is 12.6 Å². The summed E-state index contributed by atoms with van der Waals surface area (Å²) in [6.07, 6.45) is 0.503. The first kappa shape index (κ1) is 11.8. The first-order valence-corrected chi connectivity index (χ1v) is 4.93. The quantitative estimate of drug-likeness (QED) is 0.621. The maximum absolute atomic E-state index is 11.0. The summed E-state index contributed by atoms with van der Waals surface area (Å²) >= 11 is 3.70. The predicted molar refractivity (Wildman–Crippen MR) is 59.9 cm³/mol. The Morgan fingerprint density at radius 3 is 2.40 bits per heavy atom. The molecule has 0 amide bonds. The van der Waals surface area contributed by atoms with Gasteiger partial charge in [0.05, 0.1) is 13.5 Å². The lowest BCUT2D eigenvalue weighted by molar-refractivity contribution is -0.139. The van der Waals surface area contributed by atoms with Crippen LogP contribution in [0.25, 0.3) is 0 Å². The second kappa shape index (κ2) is 5.56. The normalized spacial score (nSPS) is 9.73. The second-order valence-corrected chi connectivity index (χ2v) is 3.64. The zero-order chi connectivity index (χ0) is 11.3. The number of carbonyl (C=O) groups excluding carboxylic acids is 2. The van der Waals surface area contributed by atoms with Gasteiger partial charge in [-0.2, -0.15) is 0 Å². The van der Waals surface area contributed by atoms with Crippen LogP contribution in [-0.2, 0) is 27.2 Å². The van der Waals surface area contributed by atoms with Crippen LogP contribution in [0, 0.1) is 0 Å². The van der Waals surface area contributed by atoms with Crippen molar-refractivity contribution in [3.8, 4) is 0 Å². The molecule has 0 saturated carbocycles. The Hall–Kier alpha value is -1.29. The third-order valence-corrected chi connectivity index (χ3v) is 2.08. The van der Waals surface area contributed by atoms with Crippen molar-refractivity contribution in [2.24, 2.45) is 0 Å². The van der Waals surface area contributed by atoms with Gasteiger partial charge in [-0.3, -0.25) is 9.59 Å². The molecular formula is C11H12O3S. The second-order valence-electron chi connectivity index (χ2n) is 3.14. The van der Waals surface area contributed by atoms with Crippen LogP contribution in [-0.4, -0.2) is 18.2 Å². The zero-order valence-corrected chi connectivity index (χ0v) is 9.29. The minimum atomic E-state index is -0.288. The molecule has 0 saturated heterocycles. The van der Waals surface area contributed by atoms with E-state index in [0.717, 1.165) is 11.1 Å². The van der Waals surface area contributed by atoms with Gasteiger partial charge in [-0.1, -0.05) is 24.3 Å². The van der Waals surface area contributed by atoms with Gasteiger partial charge in [0.2, 0.25) is 0 Å². The number of esters is 1. The van der Waals surface area contributed by atoms with E-state index in [1.807, 2.05) is 24.3 Å². The number of hydrogen-bond acceptors (Lipinski definition) is 3. The molecule has 0 fully saturated rings. The molecule has 0 aliphatic rings. The van der Waals surface area contributed by atoms with Gasteiger partial charge in [-0.05, 0) is 11.1 Å². The van der Waals surface area contributed by atoms with Crippen LogP contribution in [0.1, 0.15) is 11.1 Å². The van der Waals surface area contributed by atoms with E-state index in [0.29, 0.717) is 0 Å².